The minimum atomic E-state index is -0.603. The summed E-state index contributed by atoms with van der Waals surface area (Å²) in [5.74, 6) is -0.212. The number of carbonyl (C=O) groups is 2. The first-order valence-electron chi connectivity index (χ1n) is 11.6. The normalized spacial score (nSPS) is 18.5. The number of halogens is 1. The largest absolute Gasteiger partial charge is 0.444 e. The summed E-state index contributed by atoms with van der Waals surface area (Å²) >= 11 is 6.63. The number of nitrogens with zero attached hydrogens (tertiary/aromatic N) is 2. The number of hydrogen-bond acceptors (Lipinski definition) is 4. The number of ether oxygens (including phenoxy) is 1. The van der Waals surface area contributed by atoms with Gasteiger partial charge in [-0.1, -0.05) is 35.9 Å². The number of benzene rings is 2. The summed E-state index contributed by atoms with van der Waals surface area (Å²) in [7, 11) is 0. The first-order valence-corrected chi connectivity index (χ1v) is 12.0. The fourth-order valence-corrected chi connectivity index (χ4v) is 4.81. The second-order valence-corrected chi connectivity index (χ2v) is 10.2. The topological polar surface area (TPSA) is 61.9 Å². The third kappa shape index (κ3) is 5.61. The summed E-state index contributed by atoms with van der Waals surface area (Å²) < 4.78 is 5.52. The van der Waals surface area contributed by atoms with Crippen molar-refractivity contribution < 1.29 is 14.3 Å². The zero-order chi connectivity index (χ0) is 23.6. The lowest BCUT2D eigenvalue weighted by atomic mass is 9.99. The van der Waals surface area contributed by atoms with Crippen LogP contribution in [-0.2, 0) is 22.5 Å². The molecule has 0 unspecified atom stereocenters. The summed E-state index contributed by atoms with van der Waals surface area (Å²) in [6.07, 6.45) is 2.91. The van der Waals surface area contributed by atoms with Gasteiger partial charge in [0.1, 0.15) is 11.6 Å². The lowest BCUT2D eigenvalue weighted by Crippen LogP contribution is -2.51. The Morgan fingerprint density at radius 1 is 1.06 bits per heavy atom. The Kier molecular flexibility index (Phi) is 6.84. The monoisotopic (exact) mass is 469 g/mol. The van der Waals surface area contributed by atoms with E-state index in [1.54, 1.807) is 11.0 Å². The Bertz CT molecular complexity index is 1030. The SMILES string of the molecule is CC(C)(C)OC(=O)N1CCCC[C@@H]1C(=O)Nc1ccc(N2CCc3ccccc3C2)c(Cl)c1. The maximum absolute atomic E-state index is 13.1. The van der Waals surface area contributed by atoms with Crippen LogP contribution in [0, 0.1) is 0 Å². The van der Waals surface area contributed by atoms with E-state index in [2.05, 4.69) is 34.5 Å². The number of fused-ring (bicyclic) bond motifs is 1. The molecule has 2 aliphatic rings. The van der Waals surface area contributed by atoms with Crippen molar-refractivity contribution in [1.29, 1.82) is 0 Å². The number of anilines is 2. The molecule has 1 saturated heterocycles. The predicted octanol–water partition coefficient (Wildman–Crippen LogP) is 5.63. The molecule has 6 nitrogen and oxygen atoms in total. The van der Waals surface area contributed by atoms with Gasteiger partial charge < -0.3 is 15.0 Å². The number of rotatable bonds is 3. The van der Waals surface area contributed by atoms with Gasteiger partial charge in [0.05, 0.1) is 10.7 Å². The number of hydrogen-bond donors (Lipinski definition) is 1. The molecule has 1 fully saturated rings. The van der Waals surface area contributed by atoms with Crippen LogP contribution >= 0.6 is 11.6 Å². The van der Waals surface area contributed by atoms with E-state index in [0.717, 1.165) is 38.0 Å². The fourth-order valence-electron chi connectivity index (χ4n) is 4.51. The minimum Gasteiger partial charge on any atom is -0.444 e. The van der Waals surface area contributed by atoms with Crippen molar-refractivity contribution in [2.24, 2.45) is 0 Å². The van der Waals surface area contributed by atoms with Crippen molar-refractivity contribution in [3.8, 4) is 0 Å². The van der Waals surface area contributed by atoms with E-state index in [0.29, 0.717) is 23.7 Å². The van der Waals surface area contributed by atoms with Crippen LogP contribution in [0.25, 0.3) is 0 Å². The van der Waals surface area contributed by atoms with Crippen LogP contribution in [0.5, 0.6) is 0 Å². The van der Waals surface area contributed by atoms with Gasteiger partial charge in [-0.25, -0.2) is 4.79 Å². The van der Waals surface area contributed by atoms with E-state index >= 15 is 0 Å². The van der Waals surface area contributed by atoms with Crippen molar-refractivity contribution in [3.05, 3.63) is 58.6 Å². The van der Waals surface area contributed by atoms with E-state index < -0.39 is 17.7 Å². The molecule has 2 aromatic carbocycles. The Labute approximate surface area is 200 Å². The van der Waals surface area contributed by atoms with E-state index in [9.17, 15) is 9.59 Å². The highest BCUT2D eigenvalue weighted by Gasteiger charge is 2.35. The third-order valence-corrected chi connectivity index (χ3v) is 6.42. The molecule has 4 rings (SSSR count). The molecule has 0 aromatic heterocycles. The molecular weight excluding hydrogens is 438 g/mol. The fraction of sp³-hybridized carbons (Fsp3) is 0.462. The van der Waals surface area contributed by atoms with Crippen molar-refractivity contribution in [2.75, 3.05) is 23.3 Å². The van der Waals surface area contributed by atoms with Gasteiger partial charge in [-0.2, -0.15) is 0 Å². The highest BCUT2D eigenvalue weighted by molar-refractivity contribution is 6.33. The van der Waals surface area contributed by atoms with Gasteiger partial charge in [0.2, 0.25) is 5.91 Å². The molecule has 2 amide bonds. The molecule has 0 spiro atoms. The Morgan fingerprint density at radius 3 is 2.55 bits per heavy atom. The van der Waals surface area contributed by atoms with Gasteiger partial charge in [-0.15, -0.1) is 0 Å². The zero-order valence-corrected chi connectivity index (χ0v) is 20.3. The van der Waals surface area contributed by atoms with Gasteiger partial charge in [0, 0.05) is 25.3 Å². The van der Waals surface area contributed by atoms with Crippen molar-refractivity contribution in [3.63, 3.8) is 0 Å². The molecular formula is C26H32ClN3O3. The summed E-state index contributed by atoms with van der Waals surface area (Å²) in [6, 6.07) is 13.5. The quantitative estimate of drug-likeness (QED) is 0.632. The summed E-state index contributed by atoms with van der Waals surface area (Å²) in [5.41, 5.74) is 3.68. The van der Waals surface area contributed by atoms with Crippen LogP contribution in [0.4, 0.5) is 16.2 Å². The Balaban J connectivity index is 1.44. The van der Waals surface area contributed by atoms with Gasteiger partial charge in [-0.05, 0) is 75.8 Å². The molecule has 7 heteroatoms. The maximum atomic E-state index is 13.1. The van der Waals surface area contributed by atoms with Crippen molar-refractivity contribution in [1.82, 2.24) is 4.90 Å². The van der Waals surface area contributed by atoms with E-state index in [4.69, 9.17) is 16.3 Å². The minimum absolute atomic E-state index is 0.212. The summed E-state index contributed by atoms with van der Waals surface area (Å²) in [5, 5.41) is 3.55. The smallest absolute Gasteiger partial charge is 0.410 e. The van der Waals surface area contributed by atoms with Crippen molar-refractivity contribution in [2.45, 2.75) is 64.6 Å². The molecule has 0 radical (unpaired) electrons. The van der Waals surface area contributed by atoms with Crippen LogP contribution < -0.4 is 10.2 Å². The standard InChI is InChI=1S/C26H32ClN3O3/c1-26(2,3)33-25(32)30-14-7-6-10-23(30)24(31)28-20-11-12-22(21(27)16-20)29-15-13-18-8-4-5-9-19(18)17-29/h4-5,8-9,11-12,16,23H,6-7,10,13-15,17H2,1-3H3,(H,28,31)/t23-/m1/s1. The van der Waals surface area contributed by atoms with Gasteiger partial charge in [0.15, 0.2) is 0 Å². The molecule has 0 saturated carbocycles. The molecule has 2 aliphatic heterocycles. The average molecular weight is 470 g/mol. The molecule has 33 heavy (non-hydrogen) atoms. The molecule has 2 heterocycles. The third-order valence-electron chi connectivity index (χ3n) is 6.12. The zero-order valence-electron chi connectivity index (χ0n) is 19.6. The second-order valence-electron chi connectivity index (χ2n) is 9.78. The molecule has 2 aromatic rings. The van der Waals surface area contributed by atoms with Gasteiger partial charge in [0.25, 0.3) is 0 Å². The molecule has 1 N–H and O–H groups in total. The number of nitrogens with one attached hydrogen (secondary N) is 1. The average Bonchev–Trinajstić information content (AvgIpc) is 2.78. The first kappa shape index (κ1) is 23.4. The van der Waals surface area contributed by atoms with E-state index in [1.165, 1.54) is 11.1 Å². The number of piperidine rings is 1. The van der Waals surface area contributed by atoms with Crippen molar-refractivity contribution >= 4 is 35.0 Å². The number of likely N-dealkylation sites (tertiary alicyclic amines) is 1. The molecule has 1 atom stereocenters. The first-order chi connectivity index (χ1) is 15.7. The van der Waals surface area contributed by atoms with E-state index in [-0.39, 0.29) is 5.91 Å². The van der Waals surface area contributed by atoms with Crippen LogP contribution in [0.15, 0.2) is 42.5 Å². The number of amides is 2. The van der Waals surface area contributed by atoms with Crippen LogP contribution in [0.1, 0.15) is 51.2 Å². The second kappa shape index (κ2) is 9.64. The summed E-state index contributed by atoms with van der Waals surface area (Å²) in [4.78, 5) is 29.5. The summed E-state index contributed by atoms with van der Waals surface area (Å²) in [6.45, 7) is 7.71. The Morgan fingerprint density at radius 2 is 1.82 bits per heavy atom. The molecule has 0 aliphatic carbocycles. The van der Waals surface area contributed by atoms with E-state index in [1.807, 2.05) is 32.9 Å². The molecule has 0 bridgehead atoms. The number of carbonyl (C=O) groups excluding carboxylic acids is 2. The van der Waals surface area contributed by atoms with Gasteiger partial charge >= 0.3 is 6.09 Å². The highest BCUT2D eigenvalue weighted by Crippen LogP contribution is 2.33. The lowest BCUT2D eigenvalue weighted by molar-refractivity contribution is -0.122. The van der Waals surface area contributed by atoms with Crippen LogP contribution in [-0.4, -0.2) is 41.6 Å². The molecule has 176 valence electrons. The maximum Gasteiger partial charge on any atom is 0.410 e. The van der Waals surface area contributed by atoms with Gasteiger partial charge in [-0.3, -0.25) is 9.69 Å². The highest BCUT2D eigenvalue weighted by atomic mass is 35.5. The Hall–Kier alpha value is -2.73. The lowest BCUT2D eigenvalue weighted by Gasteiger charge is -2.35. The van der Waals surface area contributed by atoms with Crippen LogP contribution in [0.2, 0.25) is 5.02 Å². The predicted molar refractivity (Wildman–Crippen MR) is 132 cm³/mol. The van der Waals surface area contributed by atoms with Crippen LogP contribution in [0.3, 0.4) is 0 Å².